The lowest BCUT2D eigenvalue weighted by atomic mass is 9.88. The molecule has 0 unspecified atom stereocenters. The van der Waals surface area contributed by atoms with Gasteiger partial charge in [-0.15, -0.1) is 0 Å². The quantitative estimate of drug-likeness (QED) is 0.724. The predicted octanol–water partition coefficient (Wildman–Crippen LogP) is 4.53. The molecule has 2 aliphatic rings. The second-order valence-corrected chi connectivity index (χ2v) is 6.46. The van der Waals surface area contributed by atoms with Gasteiger partial charge in [-0.05, 0) is 57.2 Å². The number of rotatable bonds is 4. The van der Waals surface area contributed by atoms with Crippen LogP contribution in [0.5, 0.6) is 0 Å². The molecular formula is C19H25N. The van der Waals surface area contributed by atoms with Gasteiger partial charge in [0.1, 0.15) is 0 Å². The molecule has 1 aromatic carbocycles. The van der Waals surface area contributed by atoms with Gasteiger partial charge in [0.25, 0.3) is 0 Å². The van der Waals surface area contributed by atoms with Gasteiger partial charge in [-0.2, -0.15) is 0 Å². The largest absolute Gasteiger partial charge is 0.294 e. The first-order valence-corrected chi connectivity index (χ1v) is 7.84. The zero-order valence-corrected chi connectivity index (χ0v) is 12.5. The third-order valence-electron chi connectivity index (χ3n) is 4.84. The van der Waals surface area contributed by atoms with Crippen LogP contribution < -0.4 is 0 Å². The fourth-order valence-electron chi connectivity index (χ4n) is 3.40. The van der Waals surface area contributed by atoms with Crippen LogP contribution >= 0.6 is 0 Å². The average molecular weight is 267 g/mol. The summed E-state index contributed by atoms with van der Waals surface area (Å²) in [5.41, 5.74) is 3.06. The Kier molecular flexibility index (Phi) is 3.80. The summed E-state index contributed by atoms with van der Waals surface area (Å²) in [6, 6.07) is 11.0. The van der Waals surface area contributed by atoms with E-state index in [1.165, 1.54) is 44.3 Å². The number of benzene rings is 1. The van der Waals surface area contributed by atoms with E-state index < -0.39 is 0 Å². The number of allylic oxidation sites excluding steroid dienone is 2. The molecule has 106 valence electrons. The molecule has 2 fully saturated rings. The molecule has 3 rings (SSSR count). The minimum absolute atomic E-state index is 0.376. The zero-order chi connectivity index (χ0) is 14.0. The van der Waals surface area contributed by atoms with Gasteiger partial charge in [-0.3, -0.25) is 4.90 Å². The van der Waals surface area contributed by atoms with E-state index >= 15 is 0 Å². The summed E-state index contributed by atoms with van der Waals surface area (Å²) >= 11 is 0. The normalized spacial score (nSPS) is 23.1. The number of piperidine rings is 1. The van der Waals surface area contributed by atoms with Gasteiger partial charge in [-0.1, -0.05) is 54.6 Å². The molecule has 0 aromatic heterocycles. The second-order valence-electron chi connectivity index (χ2n) is 6.46. The van der Waals surface area contributed by atoms with Crippen LogP contribution in [0.2, 0.25) is 0 Å². The molecule has 1 nitrogen and oxygen atoms in total. The Labute approximate surface area is 123 Å². The first-order valence-electron chi connectivity index (χ1n) is 7.84. The summed E-state index contributed by atoms with van der Waals surface area (Å²) < 4.78 is 0. The number of hydrogen-bond acceptors (Lipinski definition) is 1. The number of likely N-dealkylation sites (tertiary alicyclic amines) is 1. The molecule has 0 spiro atoms. The van der Waals surface area contributed by atoms with E-state index in [1.54, 1.807) is 0 Å². The van der Waals surface area contributed by atoms with E-state index in [1.807, 2.05) is 0 Å². The summed E-state index contributed by atoms with van der Waals surface area (Å²) in [6.45, 7) is 8.53. The molecule has 1 saturated heterocycles. The van der Waals surface area contributed by atoms with Crippen molar-refractivity contribution in [2.24, 2.45) is 0 Å². The molecule has 0 bridgehead atoms. The van der Waals surface area contributed by atoms with Crippen LogP contribution in [0.4, 0.5) is 0 Å². The zero-order valence-electron chi connectivity index (χ0n) is 12.5. The van der Waals surface area contributed by atoms with Crippen molar-refractivity contribution in [1.29, 1.82) is 0 Å². The number of nitrogens with zero attached hydrogens (tertiary/aromatic N) is 1. The van der Waals surface area contributed by atoms with Crippen molar-refractivity contribution in [3.8, 4) is 0 Å². The van der Waals surface area contributed by atoms with E-state index in [0.29, 0.717) is 5.54 Å². The van der Waals surface area contributed by atoms with Crippen molar-refractivity contribution in [3.63, 3.8) is 0 Å². The molecule has 1 aliphatic heterocycles. The highest BCUT2D eigenvalue weighted by Crippen LogP contribution is 2.45. The van der Waals surface area contributed by atoms with Crippen molar-refractivity contribution in [2.75, 3.05) is 13.1 Å². The van der Waals surface area contributed by atoms with Crippen molar-refractivity contribution in [2.45, 2.75) is 44.1 Å². The highest BCUT2D eigenvalue weighted by Gasteiger charge is 2.46. The average Bonchev–Trinajstić information content (AvgIpc) is 3.28. The molecule has 1 aromatic rings. The smallest absolute Gasteiger partial charge is 0.0396 e. The van der Waals surface area contributed by atoms with Crippen molar-refractivity contribution in [3.05, 3.63) is 60.2 Å². The highest BCUT2D eigenvalue weighted by atomic mass is 15.2. The standard InChI is InChI=1S/C19H25N/c1-16(2)8-11-19(12-13-19)20-14-9-18(10-15-20)17-6-4-3-5-7-17/h3-8,11,18H,1,9-10,12-15H2,2H3/b11-8-. The second kappa shape index (κ2) is 5.57. The highest BCUT2D eigenvalue weighted by molar-refractivity contribution is 5.25. The molecule has 20 heavy (non-hydrogen) atoms. The summed E-state index contributed by atoms with van der Waals surface area (Å²) in [6.07, 6.45) is 9.85. The van der Waals surface area contributed by atoms with Gasteiger partial charge in [0.2, 0.25) is 0 Å². The Morgan fingerprint density at radius 2 is 1.85 bits per heavy atom. The van der Waals surface area contributed by atoms with Gasteiger partial charge in [0, 0.05) is 5.54 Å². The lowest BCUT2D eigenvalue weighted by Crippen LogP contribution is -2.41. The Hall–Kier alpha value is -1.34. The first-order chi connectivity index (χ1) is 9.70. The Balaban J connectivity index is 1.60. The summed E-state index contributed by atoms with van der Waals surface area (Å²) in [5, 5.41) is 0. The molecule has 1 heteroatoms. The maximum atomic E-state index is 3.98. The fourth-order valence-corrected chi connectivity index (χ4v) is 3.40. The summed E-state index contributed by atoms with van der Waals surface area (Å²) in [4.78, 5) is 2.70. The minimum atomic E-state index is 0.376. The molecule has 1 heterocycles. The van der Waals surface area contributed by atoms with Gasteiger partial charge in [0.15, 0.2) is 0 Å². The molecule has 0 radical (unpaired) electrons. The number of hydrogen-bond donors (Lipinski definition) is 0. The van der Waals surface area contributed by atoms with E-state index in [4.69, 9.17) is 0 Å². The Bertz CT molecular complexity index is 488. The molecule has 1 aliphatic carbocycles. The molecule has 0 atom stereocenters. The lowest BCUT2D eigenvalue weighted by Gasteiger charge is -2.37. The van der Waals surface area contributed by atoms with Gasteiger partial charge in [0.05, 0.1) is 0 Å². The molecule has 0 amide bonds. The monoisotopic (exact) mass is 267 g/mol. The van der Waals surface area contributed by atoms with Gasteiger partial charge < -0.3 is 0 Å². The van der Waals surface area contributed by atoms with Crippen LogP contribution in [0.3, 0.4) is 0 Å². The van der Waals surface area contributed by atoms with E-state index in [0.717, 1.165) is 11.5 Å². The van der Waals surface area contributed by atoms with Crippen molar-refractivity contribution >= 4 is 0 Å². The van der Waals surface area contributed by atoms with Crippen LogP contribution in [0, 0.1) is 0 Å². The molecule has 0 N–H and O–H groups in total. The molecule has 1 saturated carbocycles. The van der Waals surface area contributed by atoms with Crippen molar-refractivity contribution < 1.29 is 0 Å². The van der Waals surface area contributed by atoms with Gasteiger partial charge >= 0.3 is 0 Å². The Morgan fingerprint density at radius 3 is 2.40 bits per heavy atom. The maximum absolute atomic E-state index is 3.98. The van der Waals surface area contributed by atoms with Gasteiger partial charge in [-0.25, -0.2) is 0 Å². The maximum Gasteiger partial charge on any atom is 0.0396 e. The Morgan fingerprint density at radius 1 is 1.20 bits per heavy atom. The SMILES string of the molecule is C=C(C)/C=C\C1(N2CCC(c3ccccc3)CC2)CC1. The van der Waals surface area contributed by atoms with E-state index in [9.17, 15) is 0 Å². The predicted molar refractivity (Wildman–Crippen MR) is 85.9 cm³/mol. The summed E-state index contributed by atoms with van der Waals surface area (Å²) in [7, 11) is 0. The fraction of sp³-hybridized carbons (Fsp3) is 0.474. The van der Waals surface area contributed by atoms with Crippen LogP contribution in [0.15, 0.2) is 54.6 Å². The molecular weight excluding hydrogens is 242 g/mol. The van der Waals surface area contributed by atoms with Crippen LogP contribution in [-0.4, -0.2) is 23.5 Å². The van der Waals surface area contributed by atoms with Crippen LogP contribution in [-0.2, 0) is 0 Å². The van der Waals surface area contributed by atoms with Crippen LogP contribution in [0.1, 0.15) is 44.1 Å². The lowest BCUT2D eigenvalue weighted by molar-refractivity contribution is 0.164. The van der Waals surface area contributed by atoms with E-state index in [-0.39, 0.29) is 0 Å². The third kappa shape index (κ3) is 2.88. The topological polar surface area (TPSA) is 3.24 Å². The van der Waals surface area contributed by atoms with Crippen molar-refractivity contribution in [1.82, 2.24) is 4.90 Å². The third-order valence-corrected chi connectivity index (χ3v) is 4.84. The summed E-state index contributed by atoms with van der Waals surface area (Å²) in [5.74, 6) is 0.758. The van der Waals surface area contributed by atoms with E-state index in [2.05, 4.69) is 60.9 Å². The van der Waals surface area contributed by atoms with Crippen LogP contribution in [0.25, 0.3) is 0 Å². The first kappa shape index (κ1) is 13.6. The minimum Gasteiger partial charge on any atom is -0.294 e.